The summed E-state index contributed by atoms with van der Waals surface area (Å²) in [4.78, 5) is 17.6. The van der Waals surface area contributed by atoms with Gasteiger partial charge in [-0.3, -0.25) is 4.31 Å². The van der Waals surface area contributed by atoms with Gasteiger partial charge in [0.1, 0.15) is 6.61 Å². The second-order valence-corrected chi connectivity index (χ2v) is 10.9. The zero-order chi connectivity index (χ0) is 25.5. The molecule has 0 N–H and O–H groups in total. The van der Waals surface area contributed by atoms with Gasteiger partial charge in [0.15, 0.2) is 11.0 Å². The quantitative estimate of drug-likeness (QED) is 0.376. The first kappa shape index (κ1) is 26.2. The summed E-state index contributed by atoms with van der Waals surface area (Å²) in [5.41, 5.74) is 3.09. The molecule has 2 atom stereocenters. The molecular weight excluding hydrogens is 494 g/mol. The van der Waals surface area contributed by atoms with Crippen molar-refractivity contribution in [3.8, 4) is 0 Å². The molecule has 0 aromatic heterocycles. The van der Waals surface area contributed by atoms with E-state index in [1.54, 1.807) is 29.2 Å². The highest BCUT2D eigenvalue weighted by Gasteiger charge is 2.32. The summed E-state index contributed by atoms with van der Waals surface area (Å²) in [6.45, 7) is 1.90. The van der Waals surface area contributed by atoms with Crippen molar-refractivity contribution in [1.29, 1.82) is 0 Å². The highest BCUT2D eigenvalue weighted by atomic mass is 35.5. The number of aryl methyl sites for hydroxylation is 1. The van der Waals surface area contributed by atoms with Crippen LogP contribution >= 0.6 is 11.6 Å². The van der Waals surface area contributed by atoms with Crippen molar-refractivity contribution in [2.75, 3.05) is 38.1 Å². The Balaban J connectivity index is 1.51. The van der Waals surface area contributed by atoms with Gasteiger partial charge in [0.25, 0.3) is 0 Å². The number of hydrogen-bond donors (Lipinski definition) is 0. The number of benzene rings is 3. The predicted molar refractivity (Wildman–Crippen MR) is 146 cm³/mol. The van der Waals surface area contributed by atoms with Crippen LogP contribution < -0.4 is 4.31 Å². The molecule has 2 unspecified atom stereocenters. The van der Waals surface area contributed by atoms with Gasteiger partial charge < -0.3 is 14.5 Å². The molecule has 0 bridgehead atoms. The molecule has 0 radical (unpaired) electrons. The maximum Gasteiger partial charge on any atom is 0.410 e. The first-order chi connectivity index (χ1) is 17.4. The van der Waals surface area contributed by atoms with Gasteiger partial charge in [-0.15, -0.1) is 0 Å². The number of para-hydroxylation sites is 1. The molecule has 6 nitrogen and oxygen atoms in total. The Labute approximate surface area is 221 Å². The van der Waals surface area contributed by atoms with Crippen LogP contribution in [0.4, 0.5) is 10.5 Å². The fourth-order valence-corrected chi connectivity index (χ4v) is 5.75. The minimum Gasteiger partial charge on any atom is -0.447 e. The van der Waals surface area contributed by atoms with Crippen LogP contribution in [0.5, 0.6) is 0 Å². The average molecular weight is 526 g/mol. The number of hydrogen-bond acceptors (Lipinski definition) is 4. The number of ether oxygens (including phenoxy) is 1. The van der Waals surface area contributed by atoms with Crippen LogP contribution in [0.3, 0.4) is 0 Å². The molecule has 3 aromatic rings. The molecule has 1 heterocycles. The van der Waals surface area contributed by atoms with Crippen LogP contribution in [0.15, 0.2) is 83.8 Å². The van der Waals surface area contributed by atoms with Crippen molar-refractivity contribution in [1.82, 2.24) is 9.80 Å². The Bertz CT molecular complexity index is 1170. The molecule has 1 amide bonds. The van der Waals surface area contributed by atoms with E-state index in [2.05, 4.69) is 6.07 Å². The third-order valence-corrected chi connectivity index (χ3v) is 7.97. The van der Waals surface area contributed by atoms with Crippen molar-refractivity contribution >= 4 is 34.4 Å². The third kappa shape index (κ3) is 6.66. The van der Waals surface area contributed by atoms with E-state index >= 15 is 0 Å². The summed E-state index contributed by atoms with van der Waals surface area (Å²) in [7, 11) is 2.49. The molecule has 0 fully saturated rings. The van der Waals surface area contributed by atoms with E-state index in [4.69, 9.17) is 16.3 Å². The Morgan fingerprint density at radius 1 is 1.00 bits per heavy atom. The van der Waals surface area contributed by atoms with Crippen molar-refractivity contribution in [2.45, 2.75) is 30.3 Å². The van der Waals surface area contributed by atoms with Crippen LogP contribution in [-0.4, -0.2) is 59.9 Å². The van der Waals surface area contributed by atoms with Crippen LogP contribution in [0.1, 0.15) is 17.5 Å². The van der Waals surface area contributed by atoms with Gasteiger partial charge >= 0.3 is 6.09 Å². The standard InChI is InChI=1S/C28H32ClN3O3S/c1-30(2)18-19-31(20-22-8-4-3-5-9-22)28(33)35-21-25-15-12-23-10-6-7-11-27(23)32(25)36(34)26-16-13-24(29)14-17-26/h3-11,13-14,16-17,25H,12,15,18-21H2,1-2H3. The predicted octanol–water partition coefficient (Wildman–Crippen LogP) is 5.38. The molecule has 8 heteroatoms. The van der Waals surface area contributed by atoms with Crippen molar-refractivity contribution in [2.24, 2.45) is 0 Å². The monoisotopic (exact) mass is 525 g/mol. The Morgan fingerprint density at radius 3 is 2.42 bits per heavy atom. The lowest BCUT2D eigenvalue weighted by Gasteiger charge is -2.37. The molecule has 0 saturated heterocycles. The van der Waals surface area contributed by atoms with E-state index in [0.29, 0.717) is 23.0 Å². The largest absolute Gasteiger partial charge is 0.447 e. The van der Waals surface area contributed by atoms with E-state index in [1.165, 1.54) is 0 Å². The Morgan fingerprint density at radius 2 is 1.69 bits per heavy atom. The van der Waals surface area contributed by atoms with E-state index in [1.807, 2.05) is 71.8 Å². The number of anilines is 1. The zero-order valence-electron chi connectivity index (χ0n) is 20.7. The lowest BCUT2D eigenvalue weighted by atomic mass is 9.98. The first-order valence-electron chi connectivity index (χ1n) is 12.1. The van der Waals surface area contributed by atoms with Gasteiger partial charge in [-0.2, -0.15) is 0 Å². The van der Waals surface area contributed by atoms with E-state index in [0.717, 1.165) is 36.2 Å². The molecule has 1 aliphatic rings. The van der Waals surface area contributed by atoms with Crippen LogP contribution in [0.25, 0.3) is 0 Å². The van der Waals surface area contributed by atoms with Crippen molar-refractivity contribution < 1.29 is 13.7 Å². The number of fused-ring (bicyclic) bond motifs is 1. The topological polar surface area (TPSA) is 53.1 Å². The number of rotatable bonds is 9. The summed E-state index contributed by atoms with van der Waals surface area (Å²) < 4.78 is 21.5. The lowest BCUT2D eigenvalue weighted by Crippen LogP contribution is -2.45. The molecule has 0 spiro atoms. The van der Waals surface area contributed by atoms with Crippen molar-refractivity contribution in [3.05, 3.63) is 95.0 Å². The normalized spacial score (nSPS) is 15.9. The van der Waals surface area contributed by atoms with Gasteiger partial charge in [-0.25, -0.2) is 9.00 Å². The molecule has 0 saturated carbocycles. The number of carbonyl (C=O) groups excluding carboxylic acids is 1. The maximum atomic E-state index is 13.7. The molecule has 190 valence electrons. The molecule has 3 aromatic carbocycles. The summed E-state index contributed by atoms with van der Waals surface area (Å²) in [5.74, 6) is 0. The smallest absolute Gasteiger partial charge is 0.410 e. The minimum absolute atomic E-state index is 0.153. The number of amides is 1. The third-order valence-electron chi connectivity index (χ3n) is 6.19. The van der Waals surface area contributed by atoms with E-state index in [-0.39, 0.29) is 18.7 Å². The highest BCUT2D eigenvalue weighted by molar-refractivity contribution is 7.86. The summed E-state index contributed by atoms with van der Waals surface area (Å²) >= 11 is 6.05. The maximum absolute atomic E-state index is 13.7. The summed E-state index contributed by atoms with van der Waals surface area (Å²) in [6.07, 6.45) is 1.21. The molecule has 4 rings (SSSR count). The Hall–Kier alpha value is -2.87. The van der Waals surface area contributed by atoms with E-state index < -0.39 is 11.0 Å². The molecule has 0 aliphatic carbocycles. The second-order valence-electron chi connectivity index (χ2n) is 9.14. The van der Waals surface area contributed by atoms with Crippen LogP contribution in [0.2, 0.25) is 5.02 Å². The first-order valence-corrected chi connectivity index (χ1v) is 13.6. The van der Waals surface area contributed by atoms with Crippen LogP contribution in [0, 0.1) is 0 Å². The van der Waals surface area contributed by atoms with E-state index in [9.17, 15) is 9.00 Å². The molecule has 36 heavy (non-hydrogen) atoms. The zero-order valence-corrected chi connectivity index (χ0v) is 22.3. The molecule has 1 aliphatic heterocycles. The minimum atomic E-state index is -1.47. The lowest BCUT2D eigenvalue weighted by molar-refractivity contribution is 0.0912. The highest BCUT2D eigenvalue weighted by Crippen LogP contribution is 2.34. The van der Waals surface area contributed by atoms with Gasteiger partial charge in [-0.05, 0) is 68.4 Å². The Kier molecular flexibility index (Phi) is 9.02. The summed E-state index contributed by atoms with van der Waals surface area (Å²) in [5, 5.41) is 0.594. The fourth-order valence-electron chi connectivity index (χ4n) is 4.23. The molecular formula is C28H32ClN3O3S. The second kappa shape index (κ2) is 12.4. The van der Waals surface area contributed by atoms with Gasteiger partial charge in [0.05, 0.1) is 16.6 Å². The van der Waals surface area contributed by atoms with Crippen LogP contribution in [-0.2, 0) is 28.7 Å². The summed E-state index contributed by atoms with van der Waals surface area (Å²) in [6, 6.07) is 24.7. The van der Waals surface area contributed by atoms with Gasteiger partial charge in [-0.1, -0.05) is 60.1 Å². The number of nitrogens with zero attached hydrogens (tertiary/aromatic N) is 3. The van der Waals surface area contributed by atoms with Gasteiger partial charge in [0, 0.05) is 24.7 Å². The number of likely N-dealkylation sites (N-methyl/N-ethyl adjacent to an activating group) is 1. The average Bonchev–Trinajstić information content (AvgIpc) is 2.89. The number of halogens is 1. The fraction of sp³-hybridized carbons (Fsp3) is 0.321. The van der Waals surface area contributed by atoms with Gasteiger partial charge in [0.2, 0.25) is 0 Å². The SMILES string of the molecule is CN(C)CCN(Cc1ccccc1)C(=O)OCC1CCc2ccccc2N1S(=O)c1ccc(Cl)cc1. The van der Waals surface area contributed by atoms with Crippen molar-refractivity contribution in [3.63, 3.8) is 0 Å². The number of carbonyl (C=O) groups is 1.